The van der Waals surface area contributed by atoms with Crippen LogP contribution in [-0.2, 0) is 32.6 Å². The first-order valence-electron chi connectivity index (χ1n) is 14.2. The van der Waals surface area contributed by atoms with Crippen LogP contribution >= 0.6 is 0 Å². The highest BCUT2D eigenvalue weighted by molar-refractivity contribution is 7.92. The number of halogens is 2. The predicted octanol–water partition coefficient (Wildman–Crippen LogP) is 5.57. The lowest BCUT2D eigenvalue weighted by atomic mass is 10.0. The molecule has 4 rings (SSSR count). The minimum absolute atomic E-state index is 0.0784. The molecule has 2 amide bonds. The molecule has 230 valence electrons. The molecule has 0 saturated heterocycles. The van der Waals surface area contributed by atoms with Gasteiger partial charge < -0.3 is 10.2 Å². The molecule has 0 fully saturated rings. The Hall–Kier alpha value is -4.57. The molecular weight excluding hydrogens is 584 g/mol. The molecule has 7 nitrogen and oxygen atoms in total. The fourth-order valence-electron chi connectivity index (χ4n) is 4.62. The lowest BCUT2D eigenvalue weighted by Gasteiger charge is -2.34. The van der Waals surface area contributed by atoms with Crippen molar-refractivity contribution in [1.82, 2.24) is 10.2 Å². The average Bonchev–Trinajstić information content (AvgIpc) is 3.02. The largest absolute Gasteiger partial charge is 0.354 e. The molecule has 0 aliphatic carbocycles. The van der Waals surface area contributed by atoms with Gasteiger partial charge >= 0.3 is 0 Å². The molecule has 0 bridgehead atoms. The predicted molar refractivity (Wildman–Crippen MR) is 166 cm³/mol. The number of carbonyl (C=O) groups excluding carboxylic acids is 2. The van der Waals surface area contributed by atoms with Crippen LogP contribution in [0.25, 0.3) is 0 Å². The molecule has 0 aliphatic rings. The Labute approximate surface area is 257 Å². The number of amides is 2. The van der Waals surface area contributed by atoms with Gasteiger partial charge in [-0.05, 0) is 65.6 Å². The summed E-state index contributed by atoms with van der Waals surface area (Å²) in [7, 11) is -4.34. The van der Waals surface area contributed by atoms with Crippen molar-refractivity contribution >= 4 is 27.5 Å². The third-order valence-electron chi connectivity index (χ3n) is 6.95. The number of hydrogen-bond donors (Lipinski definition) is 1. The lowest BCUT2D eigenvalue weighted by molar-refractivity contribution is -0.140. The van der Waals surface area contributed by atoms with Crippen molar-refractivity contribution in [3.8, 4) is 0 Å². The molecule has 0 aromatic heterocycles. The maximum absolute atomic E-state index is 14.3. The van der Waals surface area contributed by atoms with Gasteiger partial charge in [0.25, 0.3) is 10.0 Å². The Morgan fingerprint density at radius 1 is 0.750 bits per heavy atom. The van der Waals surface area contributed by atoms with Crippen LogP contribution in [0.5, 0.6) is 0 Å². The van der Waals surface area contributed by atoms with Gasteiger partial charge in [-0.15, -0.1) is 0 Å². The number of hydrogen-bond acceptors (Lipinski definition) is 4. The Morgan fingerprint density at radius 2 is 1.30 bits per heavy atom. The molecule has 1 N–H and O–H groups in total. The highest BCUT2D eigenvalue weighted by Gasteiger charge is 2.34. The van der Waals surface area contributed by atoms with Crippen LogP contribution in [0.2, 0.25) is 0 Å². The zero-order chi connectivity index (χ0) is 31.7. The van der Waals surface area contributed by atoms with Crippen molar-refractivity contribution < 1.29 is 26.8 Å². The molecule has 0 aliphatic heterocycles. The molecule has 0 heterocycles. The van der Waals surface area contributed by atoms with Crippen molar-refractivity contribution in [2.45, 2.75) is 37.8 Å². The normalized spacial score (nSPS) is 12.0. The van der Waals surface area contributed by atoms with E-state index in [-0.39, 0.29) is 29.5 Å². The Morgan fingerprint density at radius 3 is 1.86 bits per heavy atom. The number of benzene rings is 4. The molecule has 1 unspecified atom stereocenters. The number of anilines is 1. The fourth-order valence-corrected chi connectivity index (χ4v) is 6.03. The smallest absolute Gasteiger partial charge is 0.264 e. The summed E-state index contributed by atoms with van der Waals surface area (Å²) in [5.74, 6) is -1.96. The Kier molecular flexibility index (Phi) is 10.8. The quantitative estimate of drug-likeness (QED) is 0.212. The zero-order valence-electron chi connectivity index (χ0n) is 24.6. The summed E-state index contributed by atoms with van der Waals surface area (Å²) in [5.41, 5.74) is 1.57. The minimum Gasteiger partial charge on any atom is -0.354 e. The maximum Gasteiger partial charge on any atom is 0.264 e. The van der Waals surface area contributed by atoms with Crippen LogP contribution in [0.4, 0.5) is 14.5 Å². The molecule has 0 saturated carbocycles. The van der Waals surface area contributed by atoms with Gasteiger partial charge in [-0.2, -0.15) is 0 Å². The van der Waals surface area contributed by atoms with Crippen LogP contribution in [0, 0.1) is 17.6 Å². The molecular formula is C34H35F2N3O4S. The van der Waals surface area contributed by atoms with Gasteiger partial charge in [0.15, 0.2) is 0 Å². The number of rotatable bonds is 13. The maximum atomic E-state index is 14.3. The van der Waals surface area contributed by atoms with Crippen LogP contribution in [-0.4, -0.2) is 44.3 Å². The van der Waals surface area contributed by atoms with Crippen LogP contribution in [0.15, 0.2) is 114 Å². The molecule has 0 spiro atoms. The number of sulfonamides is 1. The standard InChI is InChI=1S/C34H35F2N3O4S/c1-25(2)22-37-34(41)32(21-26-9-5-3-6-10-26)38(23-27-13-15-28(35)16-14-27)33(40)24-39(30-11-7-4-8-12-30)44(42,43)31-19-17-29(36)18-20-31/h3-20,25,32H,21-24H2,1-2H3,(H,37,41). The van der Waals surface area contributed by atoms with Crippen LogP contribution < -0.4 is 9.62 Å². The monoisotopic (exact) mass is 619 g/mol. The Bertz CT molecular complexity index is 1630. The summed E-state index contributed by atoms with van der Waals surface area (Å²) in [5, 5.41) is 2.92. The fraction of sp³-hybridized carbons (Fsp3) is 0.235. The SMILES string of the molecule is CC(C)CNC(=O)C(Cc1ccccc1)N(Cc1ccc(F)cc1)C(=O)CN(c1ccccc1)S(=O)(=O)c1ccc(F)cc1. The van der Waals surface area contributed by atoms with Gasteiger partial charge in [0.1, 0.15) is 24.2 Å². The minimum atomic E-state index is -4.34. The summed E-state index contributed by atoms with van der Waals surface area (Å²) in [6, 6.07) is 26.2. The average molecular weight is 620 g/mol. The van der Waals surface area contributed by atoms with Crippen molar-refractivity contribution in [3.05, 3.63) is 132 Å². The van der Waals surface area contributed by atoms with E-state index in [4.69, 9.17) is 0 Å². The Balaban J connectivity index is 1.77. The summed E-state index contributed by atoms with van der Waals surface area (Å²) < 4.78 is 56.2. The topological polar surface area (TPSA) is 86.8 Å². The second-order valence-corrected chi connectivity index (χ2v) is 12.7. The summed E-state index contributed by atoms with van der Waals surface area (Å²) in [4.78, 5) is 29.2. The molecule has 44 heavy (non-hydrogen) atoms. The molecule has 0 radical (unpaired) electrons. The third-order valence-corrected chi connectivity index (χ3v) is 8.73. The first-order chi connectivity index (χ1) is 21.0. The van der Waals surface area contributed by atoms with E-state index in [1.807, 2.05) is 44.2 Å². The highest BCUT2D eigenvalue weighted by atomic mass is 32.2. The molecule has 10 heteroatoms. The van der Waals surface area contributed by atoms with Crippen LogP contribution in [0.3, 0.4) is 0 Å². The van der Waals surface area contributed by atoms with Crippen LogP contribution in [0.1, 0.15) is 25.0 Å². The van der Waals surface area contributed by atoms with E-state index >= 15 is 0 Å². The number of carbonyl (C=O) groups is 2. The van der Waals surface area contributed by atoms with E-state index in [0.717, 1.165) is 34.1 Å². The molecule has 4 aromatic rings. The van der Waals surface area contributed by atoms with Crippen molar-refractivity contribution in [2.24, 2.45) is 5.92 Å². The van der Waals surface area contributed by atoms with E-state index in [9.17, 15) is 26.8 Å². The van der Waals surface area contributed by atoms with Gasteiger partial charge in [-0.1, -0.05) is 74.5 Å². The van der Waals surface area contributed by atoms with Gasteiger partial charge in [0.2, 0.25) is 11.8 Å². The van der Waals surface area contributed by atoms with Gasteiger partial charge in [0.05, 0.1) is 10.6 Å². The zero-order valence-corrected chi connectivity index (χ0v) is 25.4. The summed E-state index contributed by atoms with van der Waals surface area (Å²) >= 11 is 0. The summed E-state index contributed by atoms with van der Waals surface area (Å²) in [6.45, 7) is 3.55. The second kappa shape index (κ2) is 14.7. The van der Waals surface area contributed by atoms with E-state index in [0.29, 0.717) is 12.1 Å². The van der Waals surface area contributed by atoms with E-state index in [2.05, 4.69) is 5.32 Å². The van der Waals surface area contributed by atoms with Crippen molar-refractivity contribution in [1.29, 1.82) is 0 Å². The number of nitrogens with one attached hydrogen (secondary N) is 1. The number of nitrogens with zero attached hydrogens (tertiary/aromatic N) is 2. The van der Waals surface area contributed by atoms with Gasteiger partial charge in [-0.25, -0.2) is 17.2 Å². The summed E-state index contributed by atoms with van der Waals surface area (Å²) in [6.07, 6.45) is 0.160. The van der Waals surface area contributed by atoms with Gasteiger partial charge in [-0.3, -0.25) is 13.9 Å². The van der Waals surface area contributed by atoms with Crippen molar-refractivity contribution in [3.63, 3.8) is 0 Å². The highest BCUT2D eigenvalue weighted by Crippen LogP contribution is 2.25. The van der Waals surface area contributed by atoms with Crippen molar-refractivity contribution in [2.75, 3.05) is 17.4 Å². The lowest BCUT2D eigenvalue weighted by Crippen LogP contribution is -2.53. The van der Waals surface area contributed by atoms with Gasteiger partial charge in [0, 0.05) is 19.5 Å². The molecule has 4 aromatic carbocycles. The van der Waals surface area contributed by atoms with E-state index < -0.39 is 46.1 Å². The number of para-hydroxylation sites is 1. The molecule has 1 atom stereocenters. The first-order valence-corrected chi connectivity index (χ1v) is 15.7. The first kappa shape index (κ1) is 32.3. The van der Waals surface area contributed by atoms with E-state index in [1.165, 1.54) is 29.2 Å². The van der Waals surface area contributed by atoms with E-state index in [1.54, 1.807) is 30.3 Å². The third kappa shape index (κ3) is 8.50. The second-order valence-electron chi connectivity index (χ2n) is 10.8.